The molecule has 3 aromatic carbocycles. The second-order valence-corrected chi connectivity index (χ2v) is 7.19. The van der Waals surface area contributed by atoms with Crippen LogP contribution in [0.3, 0.4) is 0 Å². The molecule has 4 rings (SSSR count). The standard InChI is InChI=1S/C24H20N2O4/c1-25(15-17-8-3-2-4-9-17)16-18-10-7-11-19(14-18)24(29)30-26-22(27)20-12-5-6-13-21(20)23(26)28/h2-14H,15-16H2,1H3. The van der Waals surface area contributed by atoms with Gasteiger partial charge in [-0.25, -0.2) is 4.79 Å². The Hall–Kier alpha value is -3.77. The van der Waals surface area contributed by atoms with Crippen molar-refractivity contribution in [1.82, 2.24) is 9.96 Å². The zero-order valence-corrected chi connectivity index (χ0v) is 16.4. The second-order valence-electron chi connectivity index (χ2n) is 7.19. The summed E-state index contributed by atoms with van der Waals surface area (Å²) in [4.78, 5) is 44.6. The zero-order chi connectivity index (χ0) is 21.1. The van der Waals surface area contributed by atoms with Gasteiger partial charge < -0.3 is 4.84 Å². The average Bonchev–Trinajstić information content (AvgIpc) is 2.99. The molecule has 0 aliphatic carbocycles. The highest BCUT2D eigenvalue weighted by Crippen LogP contribution is 2.23. The highest BCUT2D eigenvalue weighted by molar-refractivity contribution is 6.21. The highest BCUT2D eigenvalue weighted by Gasteiger charge is 2.38. The van der Waals surface area contributed by atoms with Gasteiger partial charge in [0.25, 0.3) is 11.8 Å². The van der Waals surface area contributed by atoms with Crippen LogP contribution in [-0.4, -0.2) is 34.8 Å². The van der Waals surface area contributed by atoms with Crippen LogP contribution in [-0.2, 0) is 17.9 Å². The number of amides is 2. The maximum atomic E-state index is 12.6. The van der Waals surface area contributed by atoms with Crippen LogP contribution in [0, 0.1) is 0 Å². The number of nitrogens with zero attached hydrogens (tertiary/aromatic N) is 2. The molecule has 0 fully saturated rings. The van der Waals surface area contributed by atoms with Crippen LogP contribution in [0.1, 0.15) is 42.2 Å². The Morgan fingerprint density at radius 3 is 2.03 bits per heavy atom. The van der Waals surface area contributed by atoms with E-state index in [4.69, 9.17) is 4.84 Å². The number of hydrogen-bond acceptors (Lipinski definition) is 5. The van der Waals surface area contributed by atoms with Gasteiger partial charge in [0, 0.05) is 13.1 Å². The first-order chi connectivity index (χ1) is 14.5. The minimum Gasteiger partial charge on any atom is -0.324 e. The summed E-state index contributed by atoms with van der Waals surface area (Å²) < 4.78 is 0. The number of imide groups is 1. The van der Waals surface area contributed by atoms with Gasteiger partial charge in [0.2, 0.25) is 0 Å². The van der Waals surface area contributed by atoms with Crippen molar-refractivity contribution in [3.05, 3.63) is 107 Å². The number of fused-ring (bicyclic) bond motifs is 1. The third-order valence-corrected chi connectivity index (χ3v) is 4.84. The molecule has 0 aromatic heterocycles. The molecule has 0 unspecified atom stereocenters. The van der Waals surface area contributed by atoms with Crippen LogP contribution in [0.2, 0.25) is 0 Å². The Kier molecular flexibility index (Phi) is 5.41. The van der Waals surface area contributed by atoms with E-state index < -0.39 is 17.8 Å². The molecule has 0 N–H and O–H groups in total. The van der Waals surface area contributed by atoms with Gasteiger partial charge >= 0.3 is 5.97 Å². The summed E-state index contributed by atoms with van der Waals surface area (Å²) >= 11 is 0. The number of carbonyl (C=O) groups excluding carboxylic acids is 3. The minimum absolute atomic E-state index is 0.228. The highest BCUT2D eigenvalue weighted by atomic mass is 16.7. The summed E-state index contributed by atoms with van der Waals surface area (Å²) in [7, 11) is 2.00. The molecular formula is C24H20N2O4. The lowest BCUT2D eigenvalue weighted by atomic mass is 10.1. The van der Waals surface area contributed by atoms with Crippen LogP contribution in [0.5, 0.6) is 0 Å². The Morgan fingerprint density at radius 2 is 1.37 bits per heavy atom. The van der Waals surface area contributed by atoms with Gasteiger partial charge in [-0.2, -0.15) is 0 Å². The van der Waals surface area contributed by atoms with Crippen molar-refractivity contribution >= 4 is 17.8 Å². The number of rotatable bonds is 6. The lowest BCUT2D eigenvalue weighted by molar-refractivity contribution is -0.0584. The number of hydrogen-bond donors (Lipinski definition) is 0. The lowest BCUT2D eigenvalue weighted by Crippen LogP contribution is -2.32. The molecular weight excluding hydrogens is 380 g/mol. The second kappa shape index (κ2) is 8.31. The largest absolute Gasteiger partial charge is 0.363 e. The van der Waals surface area contributed by atoms with E-state index in [1.807, 2.05) is 31.3 Å². The van der Waals surface area contributed by atoms with E-state index >= 15 is 0 Å². The first-order valence-corrected chi connectivity index (χ1v) is 9.54. The van der Waals surface area contributed by atoms with Crippen LogP contribution in [0.4, 0.5) is 0 Å². The molecule has 3 aromatic rings. The third kappa shape index (κ3) is 3.99. The van der Waals surface area contributed by atoms with Gasteiger partial charge in [-0.1, -0.05) is 59.7 Å². The molecule has 0 bridgehead atoms. The molecule has 150 valence electrons. The fourth-order valence-electron chi connectivity index (χ4n) is 3.44. The Morgan fingerprint density at radius 1 is 0.800 bits per heavy atom. The molecule has 1 heterocycles. The summed E-state index contributed by atoms with van der Waals surface area (Å²) in [5, 5.41) is 0.529. The summed E-state index contributed by atoms with van der Waals surface area (Å²) in [5.41, 5.74) is 2.85. The van der Waals surface area contributed by atoms with Crippen LogP contribution in [0.15, 0.2) is 78.9 Å². The Balaban J connectivity index is 1.43. The number of hydroxylamine groups is 2. The van der Waals surface area contributed by atoms with Crippen molar-refractivity contribution in [2.45, 2.75) is 13.1 Å². The summed E-state index contributed by atoms with van der Waals surface area (Å²) in [6, 6.07) is 23.5. The molecule has 0 saturated heterocycles. The quantitative estimate of drug-likeness (QED) is 0.591. The van der Waals surface area contributed by atoms with E-state index in [0.717, 1.165) is 12.1 Å². The van der Waals surface area contributed by atoms with Crippen molar-refractivity contribution in [2.24, 2.45) is 0 Å². The van der Waals surface area contributed by atoms with E-state index in [1.54, 1.807) is 30.3 Å². The summed E-state index contributed by atoms with van der Waals surface area (Å²) in [6.45, 7) is 1.40. The van der Waals surface area contributed by atoms with Crippen LogP contribution < -0.4 is 0 Å². The molecule has 0 spiro atoms. The summed E-state index contributed by atoms with van der Waals surface area (Å²) in [5.74, 6) is -2.03. The molecule has 1 aliphatic rings. The van der Waals surface area contributed by atoms with Gasteiger partial charge in [0.1, 0.15) is 0 Å². The van der Waals surface area contributed by atoms with E-state index in [9.17, 15) is 14.4 Å². The fourth-order valence-corrected chi connectivity index (χ4v) is 3.44. The molecule has 30 heavy (non-hydrogen) atoms. The molecule has 0 radical (unpaired) electrons. The van der Waals surface area contributed by atoms with Crippen molar-refractivity contribution < 1.29 is 19.2 Å². The average molecular weight is 400 g/mol. The molecule has 2 amide bonds. The first-order valence-electron chi connectivity index (χ1n) is 9.54. The van der Waals surface area contributed by atoms with Crippen molar-refractivity contribution in [3.8, 4) is 0 Å². The third-order valence-electron chi connectivity index (χ3n) is 4.84. The SMILES string of the molecule is CN(Cc1ccccc1)Cc1cccc(C(=O)ON2C(=O)c3ccccc3C2=O)c1. The van der Waals surface area contributed by atoms with Gasteiger partial charge in [-0.3, -0.25) is 14.5 Å². The van der Waals surface area contributed by atoms with Gasteiger partial charge in [0.15, 0.2) is 0 Å². The fraction of sp³-hybridized carbons (Fsp3) is 0.125. The normalized spacial score (nSPS) is 12.9. The van der Waals surface area contributed by atoms with E-state index in [1.165, 1.54) is 17.7 Å². The monoisotopic (exact) mass is 400 g/mol. The minimum atomic E-state index is -0.753. The van der Waals surface area contributed by atoms with Gasteiger partial charge in [0.05, 0.1) is 16.7 Å². The Labute approximate surface area is 174 Å². The first kappa shape index (κ1) is 19.5. The van der Waals surface area contributed by atoms with Crippen molar-refractivity contribution in [1.29, 1.82) is 0 Å². The van der Waals surface area contributed by atoms with E-state index in [2.05, 4.69) is 17.0 Å². The predicted molar refractivity (Wildman–Crippen MR) is 110 cm³/mol. The lowest BCUT2D eigenvalue weighted by Gasteiger charge is -2.17. The molecule has 0 saturated carbocycles. The smallest absolute Gasteiger partial charge is 0.324 e. The van der Waals surface area contributed by atoms with Crippen LogP contribution in [0.25, 0.3) is 0 Å². The molecule has 6 heteroatoms. The van der Waals surface area contributed by atoms with Crippen molar-refractivity contribution in [2.75, 3.05) is 7.05 Å². The molecule has 6 nitrogen and oxygen atoms in total. The summed E-state index contributed by atoms with van der Waals surface area (Å²) in [6.07, 6.45) is 0. The maximum absolute atomic E-state index is 12.6. The Bertz CT molecular complexity index is 1080. The van der Waals surface area contributed by atoms with Crippen LogP contribution >= 0.6 is 0 Å². The van der Waals surface area contributed by atoms with Gasteiger partial charge in [-0.05, 0) is 42.4 Å². The van der Waals surface area contributed by atoms with E-state index in [-0.39, 0.29) is 16.7 Å². The zero-order valence-electron chi connectivity index (χ0n) is 16.4. The predicted octanol–water partition coefficient (Wildman–Crippen LogP) is 3.69. The molecule has 1 aliphatic heterocycles. The molecule has 0 atom stereocenters. The van der Waals surface area contributed by atoms with Gasteiger partial charge in [-0.15, -0.1) is 0 Å². The van der Waals surface area contributed by atoms with Crippen molar-refractivity contribution in [3.63, 3.8) is 0 Å². The number of benzene rings is 3. The number of carbonyl (C=O) groups is 3. The van der Waals surface area contributed by atoms with E-state index in [0.29, 0.717) is 11.6 Å². The maximum Gasteiger partial charge on any atom is 0.363 e. The topological polar surface area (TPSA) is 66.9 Å².